The summed E-state index contributed by atoms with van der Waals surface area (Å²) in [5.74, 6) is 0.136. The highest BCUT2D eigenvalue weighted by molar-refractivity contribution is 6.45. The SMILES string of the molecule is CNC(=O)/C(=N\OC)c1ccccc1Oc1cc(-c2ccccc2)c(F)cc1C. The van der Waals surface area contributed by atoms with E-state index < -0.39 is 5.91 Å². The molecule has 5 nitrogen and oxygen atoms in total. The zero-order valence-corrected chi connectivity index (χ0v) is 16.4. The van der Waals surface area contributed by atoms with Crippen LogP contribution in [0, 0.1) is 12.7 Å². The van der Waals surface area contributed by atoms with Crippen molar-refractivity contribution in [2.24, 2.45) is 5.16 Å². The maximum atomic E-state index is 14.6. The molecule has 0 saturated carbocycles. The van der Waals surface area contributed by atoms with Gasteiger partial charge in [-0.3, -0.25) is 4.79 Å². The Morgan fingerprint density at radius 3 is 2.38 bits per heavy atom. The van der Waals surface area contributed by atoms with Crippen LogP contribution in [0.4, 0.5) is 4.39 Å². The van der Waals surface area contributed by atoms with E-state index in [1.54, 1.807) is 37.3 Å². The predicted molar refractivity (Wildman–Crippen MR) is 111 cm³/mol. The van der Waals surface area contributed by atoms with Crippen molar-refractivity contribution in [3.63, 3.8) is 0 Å². The third-order valence-corrected chi connectivity index (χ3v) is 4.34. The number of rotatable bonds is 6. The number of benzene rings is 3. The van der Waals surface area contributed by atoms with Crippen molar-refractivity contribution in [2.75, 3.05) is 14.2 Å². The van der Waals surface area contributed by atoms with Gasteiger partial charge in [-0.15, -0.1) is 0 Å². The Labute approximate surface area is 168 Å². The Hall–Kier alpha value is -3.67. The van der Waals surface area contributed by atoms with Gasteiger partial charge in [-0.2, -0.15) is 0 Å². The molecular formula is C23H21FN2O3. The van der Waals surface area contributed by atoms with Gasteiger partial charge < -0.3 is 14.9 Å². The summed E-state index contributed by atoms with van der Waals surface area (Å²) in [7, 11) is 2.87. The van der Waals surface area contributed by atoms with Crippen LogP contribution in [0.25, 0.3) is 11.1 Å². The monoisotopic (exact) mass is 392 g/mol. The number of likely N-dealkylation sites (N-methyl/N-ethyl adjacent to an activating group) is 1. The maximum Gasteiger partial charge on any atom is 0.273 e. The van der Waals surface area contributed by atoms with Crippen molar-refractivity contribution in [1.82, 2.24) is 5.32 Å². The number of nitrogens with one attached hydrogen (secondary N) is 1. The summed E-state index contributed by atoms with van der Waals surface area (Å²) in [6.07, 6.45) is 0. The van der Waals surface area contributed by atoms with Crippen molar-refractivity contribution in [1.29, 1.82) is 0 Å². The van der Waals surface area contributed by atoms with Crippen LogP contribution in [0.1, 0.15) is 11.1 Å². The zero-order chi connectivity index (χ0) is 20.8. The lowest BCUT2D eigenvalue weighted by Gasteiger charge is -2.15. The van der Waals surface area contributed by atoms with E-state index >= 15 is 0 Å². The molecule has 3 rings (SSSR count). The summed E-state index contributed by atoms with van der Waals surface area (Å²) in [6, 6.07) is 19.3. The molecule has 0 aliphatic heterocycles. The van der Waals surface area contributed by atoms with Crippen LogP contribution in [0.2, 0.25) is 0 Å². The van der Waals surface area contributed by atoms with Crippen LogP contribution < -0.4 is 10.1 Å². The topological polar surface area (TPSA) is 59.9 Å². The van der Waals surface area contributed by atoms with Crippen LogP contribution in [0.5, 0.6) is 11.5 Å². The molecule has 0 aliphatic carbocycles. The quantitative estimate of drug-likeness (QED) is 0.489. The van der Waals surface area contributed by atoms with Gasteiger partial charge in [0, 0.05) is 12.6 Å². The number of halogens is 1. The minimum atomic E-state index is -0.413. The lowest BCUT2D eigenvalue weighted by atomic mass is 10.0. The Kier molecular flexibility index (Phi) is 6.24. The second kappa shape index (κ2) is 9.01. The minimum Gasteiger partial charge on any atom is -0.456 e. The number of aryl methyl sites for hydroxylation is 1. The van der Waals surface area contributed by atoms with Gasteiger partial charge >= 0.3 is 0 Å². The number of nitrogens with zero attached hydrogens (tertiary/aromatic N) is 1. The third kappa shape index (κ3) is 4.43. The van der Waals surface area contributed by atoms with Gasteiger partial charge in [-0.05, 0) is 42.3 Å². The average Bonchev–Trinajstić information content (AvgIpc) is 2.74. The fourth-order valence-corrected chi connectivity index (χ4v) is 2.89. The first-order valence-electron chi connectivity index (χ1n) is 9.01. The van der Waals surface area contributed by atoms with E-state index in [1.165, 1.54) is 20.2 Å². The van der Waals surface area contributed by atoms with Crippen molar-refractivity contribution in [2.45, 2.75) is 6.92 Å². The van der Waals surface area contributed by atoms with E-state index in [4.69, 9.17) is 9.57 Å². The molecule has 0 saturated heterocycles. The molecule has 148 valence electrons. The molecule has 1 N–H and O–H groups in total. The van der Waals surface area contributed by atoms with Gasteiger partial charge in [0.25, 0.3) is 5.91 Å². The molecule has 29 heavy (non-hydrogen) atoms. The standard InChI is InChI=1S/C23H21FN2O3/c1-15-13-19(24)18(16-9-5-4-6-10-16)14-21(15)29-20-12-8-7-11-17(20)22(26-28-3)23(27)25-2/h4-14H,1-3H3,(H,25,27)/b26-22-. The van der Waals surface area contributed by atoms with Gasteiger partial charge in [0.1, 0.15) is 24.4 Å². The molecule has 0 bridgehead atoms. The van der Waals surface area contributed by atoms with E-state index in [1.807, 2.05) is 30.3 Å². The number of amides is 1. The van der Waals surface area contributed by atoms with Crippen LogP contribution in [-0.2, 0) is 9.63 Å². The van der Waals surface area contributed by atoms with Crippen LogP contribution in [-0.4, -0.2) is 25.8 Å². The van der Waals surface area contributed by atoms with E-state index in [2.05, 4.69) is 10.5 Å². The molecule has 6 heteroatoms. The summed E-state index contributed by atoms with van der Waals surface area (Å²) < 4.78 is 20.7. The van der Waals surface area contributed by atoms with Crippen molar-refractivity contribution >= 4 is 11.6 Å². The lowest BCUT2D eigenvalue weighted by Crippen LogP contribution is -2.28. The Morgan fingerprint density at radius 2 is 1.69 bits per heavy atom. The molecule has 0 heterocycles. The largest absolute Gasteiger partial charge is 0.456 e. The molecule has 0 aliphatic rings. The third-order valence-electron chi connectivity index (χ3n) is 4.34. The fourth-order valence-electron chi connectivity index (χ4n) is 2.89. The van der Waals surface area contributed by atoms with Crippen LogP contribution in [0.3, 0.4) is 0 Å². The highest BCUT2D eigenvalue weighted by Gasteiger charge is 2.19. The first kappa shape index (κ1) is 20.1. The second-order valence-electron chi connectivity index (χ2n) is 6.26. The van der Waals surface area contributed by atoms with E-state index in [-0.39, 0.29) is 11.5 Å². The summed E-state index contributed by atoms with van der Waals surface area (Å²) in [6.45, 7) is 1.76. The number of ether oxygens (including phenoxy) is 1. The molecule has 0 radical (unpaired) electrons. The molecule has 0 unspecified atom stereocenters. The minimum absolute atomic E-state index is 0.0775. The van der Waals surface area contributed by atoms with E-state index in [0.29, 0.717) is 28.2 Å². The molecule has 0 fully saturated rings. The number of hydrogen-bond donors (Lipinski definition) is 1. The Bertz CT molecular complexity index is 1050. The number of carbonyl (C=O) groups is 1. The fraction of sp³-hybridized carbons (Fsp3) is 0.130. The second-order valence-corrected chi connectivity index (χ2v) is 6.26. The molecule has 1 amide bonds. The highest BCUT2D eigenvalue weighted by atomic mass is 19.1. The molecule has 0 spiro atoms. The number of para-hydroxylation sites is 1. The maximum absolute atomic E-state index is 14.6. The molecule has 0 aromatic heterocycles. The van der Waals surface area contributed by atoms with Gasteiger partial charge in [-0.1, -0.05) is 47.6 Å². The summed E-state index contributed by atoms with van der Waals surface area (Å²) in [5.41, 5.74) is 2.34. The van der Waals surface area contributed by atoms with Crippen molar-refractivity contribution < 1.29 is 18.8 Å². The number of carbonyl (C=O) groups excluding carboxylic acids is 1. The van der Waals surface area contributed by atoms with Gasteiger partial charge in [-0.25, -0.2) is 4.39 Å². The van der Waals surface area contributed by atoms with E-state index in [9.17, 15) is 9.18 Å². The molecule has 0 atom stereocenters. The highest BCUT2D eigenvalue weighted by Crippen LogP contribution is 2.34. The van der Waals surface area contributed by atoms with Gasteiger partial charge in [0.05, 0.1) is 5.56 Å². The summed E-state index contributed by atoms with van der Waals surface area (Å²) >= 11 is 0. The van der Waals surface area contributed by atoms with Crippen LogP contribution >= 0.6 is 0 Å². The first-order chi connectivity index (χ1) is 14.0. The molecular weight excluding hydrogens is 371 g/mol. The van der Waals surface area contributed by atoms with Crippen LogP contribution in [0.15, 0.2) is 71.9 Å². The number of oxime groups is 1. The summed E-state index contributed by atoms with van der Waals surface area (Å²) in [4.78, 5) is 17.1. The zero-order valence-electron chi connectivity index (χ0n) is 16.4. The normalized spacial score (nSPS) is 11.1. The van der Waals surface area contributed by atoms with Crippen molar-refractivity contribution in [3.05, 3.63) is 83.7 Å². The van der Waals surface area contributed by atoms with Gasteiger partial charge in [0.15, 0.2) is 5.71 Å². The Balaban J connectivity index is 2.06. The predicted octanol–water partition coefficient (Wildman–Crippen LogP) is 4.69. The van der Waals surface area contributed by atoms with E-state index in [0.717, 1.165) is 5.56 Å². The molecule has 3 aromatic carbocycles. The smallest absolute Gasteiger partial charge is 0.273 e. The van der Waals surface area contributed by atoms with Crippen molar-refractivity contribution in [3.8, 4) is 22.6 Å². The average molecular weight is 392 g/mol. The Morgan fingerprint density at radius 1 is 1.00 bits per heavy atom. The van der Waals surface area contributed by atoms with Gasteiger partial charge in [0.2, 0.25) is 0 Å². The summed E-state index contributed by atoms with van der Waals surface area (Å²) in [5, 5.41) is 6.37. The number of hydrogen-bond acceptors (Lipinski definition) is 4. The molecule has 3 aromatic rings. The first-order valence-corrected chi connectivity index (χ1v) is 9.01. The lowest BCUT2D eigenvalue weighted by molar-refractivity contribution is -0.114.